The number of nitrogens with zero attached hydrogens (tertiary/aromatic N) is 1. The third-order valence-corrected chi connectivity index (χ3v) is 4.62. The molecule has 2 rings (SSSR count). The summed E-state index contributed by atoms with van der Waals surface area (Å²) in [5.74, 6) is 1.42. The fourth-order valence-electron chi connectivity index (χ4n) is 3.18. The van der Waals surface area contributed by atoms with Crippen LogP contribution < -0.4 is 4.74 Å². The Morgan fingerprint density at radius 3 is 2.50 bits per heavy atom. The molecule has 1 aromatic rings. The number of halogens is 1. The van der Waals surface area contributed by atoms with Gasteiger partial charge in [-0.3, -0.25) is 0 Å². The molecular formula is C19H30FNO. The van der Waals surface area contributed by atoms with Crippen molar-refractivity contribution in [1.29, 1.82) is 0 Å². The van der Waals surface area contributed by atoms with E-state index in [1.807, 2.05) is 0 Å². The average Bonchev–Trinajstić information content (AvgIpc) is 2.55. The lowest BCUT2D eigenvalue weighted by Crippen LogP contribution is -2.34. The van der Waals surface area contributed by atoms with Crippen LogP contribution >= 0.6 is 0 Å². The van der Waals surface area contributed by atoms with Gasteiger partial charge in [0, 0.05) is 0 Å². The Kier molecular flexibility index (Phi) is 7.72. The van der Waals surface area contributed by atoms with Crippen LogP contribution in [-0.4, -0.2) is 31.1 Å². The van der Waals surface area contributed by atoms with Crippen LogP contribution in [0.15, 0.2) is 24.3 Å². The van der Waals surface area contributed by atoms with Gasteiger partial charge in [-0.25, -0.2) is 4.39 Å². The number of ether oxygens (including phenoxy) is 1. The Morgan fingerprint density at radius 2 is 1.82 bits per heavy atom. The van der Waals surface area contributed by atoms with Crippen LogP contribution in [0.3, 0.4) is 0 Å². The second-order valence-electron chi connectivity index (χ2n) is 6.44. The molecule has 0 N–H and O–H groups in total. The molecular weight excluding hydrogens is 277 g/mol. The Balaban J connectivity index is 1.52. The molecule has 1 heterocycles. The van der Waals surface area contributed by atoms with Gasteiger partial charge in [0.2, 0.25) is 0 Å². The van der Waals surface area contributed by atoms with Crippen molar-refractivity contribution in [2.24, 2.45) is 5.92 Å². The molecule has 3 heteroatoms. The fourth-order valence-corrected chi connectivity index (χ4v) is 3.18. The Labute approximate surface area is 134 Å². The van der Waals surface area contributed by atoms with Gasteiger partial charge in [-0.05, 0) is 81.9 Å². The van der Waals surface area contributed by atoms with Crippen molar-refractivity contribution in [2.75, 3.05) is 26.2 Å². The Morgan fingerprint density at radius 1 is 1.09 bits per heavy atom. The summed E-state index contributed by atoms with van der Waals surface area (Å²) in [6, 6.07) is 6.29. The molecule has 1 aliphatic heterocycles. The number of hydrogen-bond acceptors (Lipinski definition) is 2. The first-order valence-electron chi connectivity index (χ1n) is 8.88. The highest BCUT2D eigenvalue weighted by Gasteiger charge is 2.18. The number of benzene rings is 1. The largest absolute Gasteiger partial charge is 0.494 e. The van der Waals surface area contributed by atoms with E-state index in [0.29, 0.717) is 0 Å². The van der Waals surface area contributed by atoms with Crippen molar-refractivity contribution in [3.63, 3.8) is 0 Å². The second-order valence-corrected chi connectivity index (χ2v) is 6.44. The predicted octanol–water partition coefficient (Wildman–Crippen LogP) is 4.89. The molecule has 0 aromatic heterocycles. The number of rotatable bonds is 9. The molecule has 1 aromatic carbocycles. The van der Waals surface area contributed by atoms with E-state index in [-0.39, 0.29) is 5.82 Å². The van der Waals surface area contributed by atoms with Crippen LogP contribution in [0.25, 0.3) is 0 Å². The van der Waals surface area contributed by atoms with Crippen LogP contribution in [0.4, 0.5) is 4.39 Å². The molecule has 1 fully saturated rings. The zero-order valence-corrected chi connectivity index (χ0v) is 13.9. The average molecular weight is 307 g/mol. The number of hydrogen-bond donors (Lipinski definition) is 0. The summed E-state index contributed by atoms with van der Waals surface area (Å²) < 4.78 is 18.4. The minimum atomic E-state index is -0.210. The molecule has 0 radical (unpaired) electrons. The summed E-state index contributed by atoms with van der Waals surface area (Å²) in [5, 5.41) is 0. The van der Waals surface area contributed by atoms with E-state index in [2.05, 4.69) is 11.8 Å². The Hall–Kier alpha value is -1.09. The highest BCUT2D eigenvalue weighted by atomic mass is 19.1. The highest BCUT2D eigenvalue weighted by molar-refractivity contribution is 5.21. The maximum atomic E-state index is 12.8. The summed E-state index contributed by atoms with van der Waals surface area (Å²) in [7, 11) is 0. The summed E-state index contributed by atoms with van der Waals surface area (Å²) in [5.41, 5.74) is 0. The van der Waals surface area contributed by atoms with E-state index < -0.39 is 0 Å². The van der Waals surface area contributed by atoms with Crippen molar-refractivity contribution in [1.82, 2.24) is 4.90 Å². The lowest BCUT2D eigenvalue weighted by atomic mass is 9.92. The van der Waals surface area contributed by atoms with Gasteiger partial charge in [0.05, 0.1) is 6.61 Å². The number of likely N-dealkylation sites (tertiary alicyclic amines) is 1. The molecule has 0 saturated carbocycles. The molecule has 0 unspecified atom stereocenters. The fraction of sp³-hybridized carbons (Fsp3) is 0.684. The quantitative estimate of drug-likeness (QED) is 0.602. The molecule has 124 valence electrons. The van der Waals surface area contributed by atoms with Crippen LogP contribution in [-0.2, 0) is 0 Å². The van der Waals surface area contributed by atoms with Gasteiger partial charge in [-0.1, -0.05) is 19.8 Å². The molecule has 2 nitrogen and oxygen atoms in total. The summed E-state index contributed by atoms with van der Waals surface area (Å²) in [4.78, 5) is 2.63. The maximum Gasteiger partial charge on any atom is 0.123 e. The van der Waals surface area contributed by atoms with Gasteiger partial charge in [0.25, 0.3) is 0 Å². The van der Waals surface area contributed by atoms with Crippen LogP contribution in [0.2, 0.25) is 0 Å². The maximum absolute atomic E-state index is 12.8. The molecule has 0 aliphatic carbocycles. The normalized spacial score (nSPS) is 16.8. The van der Waals surface area contributed by atoms with E-state index in [1.54, 1.807) is 12.1 Å². The zero-order valence-electron chi connectivity index (χ0n) is 13.9. The van der Waals surface area contributed by atoms with Gasteiger partial charge in [-0.2, -0.15) is 0 Å². The monoisotopic (exact) mass is 307 g/mol. The first kappa shape index (κ1) is 17.3. The van der Waals surface area contributed by atoms with E-state index in [1.165, 1.54) is 70.3 Å². The van der Waals surface area contributed by atoms with Gasteiger partial charge < -0.3 is 9.64 Å². The molecule has 0 spiro atoms. The molecule has 0 amide bonds. The first-order valence-corrected chi connectivity index (χ1v) is 8.88. The minimum Gasteiger partial charge on any atom is -0.494 e. The van der Waals surface area contributed by atoms with Gasteiger partial charge >= 0.3 is 0 Å². The number of unbranched alkanes of at least 4 members (excludes halogenated alkanes) is 2. The Bertz CT molecular complexity index is 398. The van der Waals surface area contributed by atoms with Crippen LogP contribution in [0.1, 0.15) is 51.9 Å². The van der Waals surface area contributed by atoms with Gasteiger partial charge in [0.15, 0.2) is 0 Å². The van der Waals surface area contributed by atoms with E-state index >= 15 is 0 Å². The lowest BCUT2D eigenvalue weighted by molar-refractivity contribution is 0.170. The van der Waals surface area contributed by atoms with Gasteiger partial charge in [-0.15, -0.1) is 0 Å². The first-order chi connectivity index (χ1) is 10.8. The lowest BCUT2D eigenvalue weighted by Gasteiger charge is -2.32. The van der Waals surface area contributed by atoms with Crippen molar-refractivity contribution in [2.45, 2.75) is 51.9 Å². The van der Waals surface area contributed by atoms with Crippen LogP contribution in [0.5, 0.6) is 5.75 Å². The van der Waals surface area contributed by atoms with Crippen molar-refractivity contribution < 1.29 is 9.13 Å². The van der Waals surface area contributed by atoms with Crippen LogP contribution in [0, 0.1) is 11.7 Å². The van der Waals surface area contributed by atoms with Crippen molar-refractivity contribution in [3.8, 4) is 5.75 Å². The van der Waals surface area contributed by atoms with Crippen molar-refractivity contribution >= 4 is 0 Å². The summed E-state index contributed by atoms with van der Waals surface area (Å²) >= 11 is 0. The molecule has 1 aliphatic rings. The third kappa shape index (κ3) is 6.35. The molecule has 0 atom stereocenters. The molecule has 0 bridgehead atoms. The van der Waals surface area contributed by atoms with Gasteiger partial charge in [0.1, 0.15) is 11.6 Å². The standard InChI is InChI=1S/C19H30FNO/c1-2-3-4-13-21-14-11-17(12-15-21)6-5-16-22-19-9-7-18(20)8-10-19/h7-10,17H,2-6,11-16H2,1H3. The zero-order chi connectivity index (χ0) is 15.6. The highest BCUT2D eigenvalue weighted by Crippen LogP contribution is 2.22. The smallest absolute Gasteiger partial charge is 0.123 e. The van der Waals surface area contributed by atoms with E-state index in [9.17, 15) is 4.39 Å². The topological polar surface area (TPSA) is 12.5 Å². The second kappa shape index (κ2) is 9.83. The van der Waals surface area contributed by atoms with Crippen molar-refractivity contribution in [3.05, 3.63) is 30.1 Å². The minimum absolute atomic E-state index is 0.210. The SMILES string of the molecule is CCCCCN1CCC(CCCOc2ccc(F)cc2)CC1. The predicted molar refractivity (Wildman–Crippen MR) is 89.8 cm³/mol. The molecule has 1 saturated heterocycles. The molecule has 22 heavy (non-hydrogen) atoms. The number of piperidine rings is 1. The summed E-state index contributed by atoms with van der Waals surface area (Å²) in [6.45, 7) is 6.83. The third-order valence-electron chi connectivity index (χ3n) is 4.62. The van der Waals surface area contributed by atoms with E-state index in [0.717, 1.165) is 24.7 Å². The summed E-state index contributed by atoms with van der Waals surface area (Å²) in [6.07, 6.45) is 9.05. The van der Waals surface area contributed by atoms with E-state index in [4.69, 9.17) is 4.74 Å².